The minimum Gasteiger partial charge on any atom is -0.294 e. The van der Waals surface area contributed by atoms with Gasteiger partial charge in [0.15, 0.2) is 5.78 Å². The van der Waals surface area contributed by atoms with Gasteiger partial charge in [-0.05, 0) is 49.1 Å². The topological polar surface area (TPSA) is 30.0 Å². The SMILES string of the molecule is Cc1cc(C(=O)CCc2sc(-c3ccc(C(F)(F)F)cc3)nc2C(C)C)ccc1S. The summed E-state index contributed by atoms with van der Waals surface area (Å²) >= 11 is 5.78. The molecule has 0 bridgehead atoms. The van der Waals surface area contributed by atoms with Gasteiger partial charge in [-0.15, -0.1) is 24.0 Å². The van der Waals surface area contributed by atoms with Crippen LogP contribution in [0.15, 0.2) is 47.4 Å². The molecule has 0 fully saturated rings. The lowest BCUT2D eigenvalue weighted by Crippen LogP contribution is -2.03. The van der Waals surface area contributed by atoms with E-state index in [0.717, 1.165) is 33.2 Å². The molecule has 0 spiro atoms. The third-order valence-corrected chi connectivity index (χ3v) is 6.51. The minimum atomic E-state index is -4.36. The van der Waals surface area contributed by atoms with E-state index < -0.39 is 11.7 Å². The van der Waals surface area contributed by atoms with Crippen LogP contribution in [0.1, 0.15) is 58.2 Å². The summed E-state index contributed by atoms with van der Waals surface area (Å²) in [5.41, 5.74) is 2.47. The number of ketones is 1. The van der Waals surface area contributed by atoms with Crippen molar-refractivity contribution in [3.63, 3.8) is 0 Å². The second kappa shape index (κ2) is 8.94. The number of alkyl halides is 3. The van der Waals surface area contributed by atoms with Gasteiger partial charge < -0.3 is 0 Å². The molecule has 0 aliphatic carbocycles. The van der Waals surface area contributed by atoms with Gasteiger partial charge in [-0.2, -0.15) is 13.2 Å². The predicted octanol–water partition coefficient (Wildman–Crippen LogP) is 7.36. The van der Waals surface area contributed by atoms with Gasteiger partial charge in [-0.25, -0.2) is 4.98 Å². The Morgan fingerprint density at radius 1 is 1.13 bits per heavy atom. The van der Waals surface area contributed by atoms with Gasteiger partial charge in [0, 0.05) is 27.3 Å². The molecule has 7 heteroatoms. The zero-order valence-corrected chi connectivity index (χ0v) is 18.6. The molecule has 3 aromatic rings. The first-order chi connectivity index (χ1) is 14.1. The largest absolute Gasteiger partial charge is 0.416 e. The maximum atomic E-state index is 12.8. The van der Waals surface area contributed by atoms with Gasteiger partial charge in [-0.3, -0.25) is 4.79 Å². The van der Waals surface area contributed by atoms with E-state index in [1.807, 2.05) is 32.9 Å². The van der Waals surface area contributed by atoms with Gasteiger partial charge >= 0.3 is 6.18 Å². The normalized spacial score (nSPS) is 11.9. The number of thiol groups is 1. The van der Waals surface area contributed by atoms with Crippen LogP contribution in [0.3, 0.4) is 0 Å². The summed E-state index contributed by atoms with van der Waals surface area (Å²) in [4.78, 5) is 19.1. The van der Waals surface area contributed by atoms with Crippen molar-refractivity contribution < 1.29 is 18.0 Å². The molecule has 0 radical (unpaired) electrons. The van der Waals surface area contributed by atoms with Crippen molar-refractivity contribution in [2.24, 2.45) is 0 Å². The number of carbonyl (C=O) groups is 1. The average molecular weight is 450 g/mol. The number of halogens is 3. The molecule has 0 aliphatic rings. The van der Waals surface area contributed by atoms with Crippen LogP contribution in [0.2, 0.25) is 0 Å². The smallest absolute Gasteiger partial charge is 0.294 e. The van der Waals surface area contributed by atoms with E-state index in [9.17, 15) is 18.0 Å². The lowest BCUT2D eigenvalue weighted by Gasteiger charge is -2.06. The average Bonchev–Trinajstić information content (AvgIpc) is 3.12. The fourth-order valence-corrected chi connectivity index (χ4v) is 4.48. The number of carbonyl (C=O) groups excluding carboxylic acids is 1. The van der Waals surface area contributed by atoms with Crippen molar-refractivity contribution in [3.05, 3.63) is 69.7 Å². The number of aryl methyl sites for hydroxylation is 2. The van der Waals surface area contributed by atoms with E-state index >= 15 is 0 Å². The van der Waals surface area contributed by atoms with E-state index in [-0.39, 0.29) is 11.7 Å². The van der Waals surface area contributed by atoms with Crippen molar-refractivity contribution in [1.29, 1.82) is 0 Å². The third-order valence-electron chi connectivity index (χ3n) is 4.83. The standard InChI is InChI=1S/C23H22F3NOS2/c1-13(2)21-20(11-9-18(28)16-6-10-19(29)14(3)12-16)30-22(27-21)15-4-7-17(8-5-15)23(24,25)26/h4-8,10,12-13,29H,9,11H2,1-3H3. The Kier molecular flexibility index (Phi) is 6.72. The van der Waals surface area contributed by atoms with Crippen molar-refractivity contribution in [1.82, 2.24) is 4.98 Å². The number of thiazole rings is 1. The minimum absolute atomic E-state index is 0.0469. The summed E-state index contributed by atoms with van der Waals surface area (Å²) in [7, 11) is 0. The Balaban J connectivity index is 1.80. The van der Waals surface area contributed by atoms with Gasteiger partial charge in [0.2, 0.25) is 0 Å². The van der Waals surface area contributed by atoms with Crippen molar-refractivity contribution in [2.45, 2.75) is 50.6 Å². The summed E-state index contributed by atoms with van der Waals surface area (Å²) in [6.07, 6.45) is -3.47. The van der Waals surface area contributed by atoms with Crippen LogP contribution < -0.4 is 0 Å². The second-order valence-electron chi connectivity index (χ2n) is 7.48. The molecule has 158 valence electrons. The number of rotatable bonds is 6. The highest BCUT2D eigenvalue weighted by Gasteiger charge is 2.30. The van der Waals surface area contributed by atoms with E-state index in [2.05, 4.69) is 17.6 Å². The highest BCUT2D eigenvalue weighted by molar-refractivity contribution is 7.80. The number of Topliss-reactive ketones (excluding diaryl/α,β-unsaturated/α-hetero) is 1. The lowest BCUT2D eigenvalue weighted by molar-refractivity contribution is -0.137. The number of nitrogens with zero attached hydrogens (tertiary/aromatic N) is 1. The first kappa shape index (κ1) is 22.6. The quantitative estimate of drug-likeness (QED) is 0.315. The molecule has 3 rings (SSSR count). The molecule has 1 heterocycles. The van der Waals surface area contributed by atoms with Gasteiger partial charge in [0.05, 0.1) is 11.3 Å². The molecule has 0 atom stereocenters. The van der Waals surface area contributed by atoms with Crippen LogP contribution in [0.5, 0.6) is 0 Å². The molecule has 2 aromatic carbocycles. The number of hydrogen-bond donors (Lipinski definition) is 1. The first-order valence-electron chi connectivity index (χ1n) is 9.56. The molecule has 0 amide bonds. The third kappa shape index (κ3) is 5.13. The summed E-state index contributed by atoms with van der Waals surface area (Å²) in [6, 6.07) is 10.5. The van der Waals surface area contributed by atoms with Crippen LogP contribution in [0.4, 0.5) is 13.2 Å². The van der Waals surface area contributed by atoms with E-state index in [4.69, 9.17) is 0 Å². The fourth-order valence-electron chi connectivity index (χ4n) is 3.12. The summed E-state index contributed by atoms with van der Waals surface area (Å²) in [5.74, 6) is 0.200. The molecule has 0 unspecified atom stereocenters. The van der Waals surface area contributed by atoms with Crippen LogP contribution in [-0.2, 0) is 12.6 Å². The molecule has 0 saturated carbocycles. The van der Waals surface area contributed by atoms with E-state index in [0.29, 0.717) is 29.0 Å². The van der Waals surface area contributed by atoms with Crippen molar-refractivity contribution in [3.8, 4) is 10.6 Å². The van der Waals surface area contributed by atoms with Gasteiger partial charge in [-0.1, -0.05) is 32.0 Å². The van der Waals surface area contributed by atoms with Crippen LogP contribution in [0, 0.1) is 6.92 Å². The Hall–Kier alpha value is -2.12. The lowest BCUT2D eigenvalue weighted by atomic mass is 10.0. The maximum absolute atomic E-state index is 12.8. The molecular formula is C23H22F3NOS2. The molecular weight excluding hydrogens is 427 g/mol. The summed E-state index contributed by atoms with van der Waals surface area (Å²) in [5, 5.41) is 0.671. The monoisotopic (exact) mass is 449 g/mol. The summed E-state index contributed by atoms with van der Waals surface area (Å²) in [6.45, 7) is 5.95. The predicted molar refractivity (Wildman–Crippen MR) is 118 cm³/mol. The molecule has 30 heavy (non-hydrogen) atoms. The van der Waals surface area contributed by atoms with E-state index in [1.165, 1.54) is 23.5 Å². The fraction of sp³-hybridized carbons (Fsp3) is 0.304. The van der Waals surface area contributed by atoms with Crippen LogP contribution in [0.25, 0.3) is 10.6 Å². The molecule has 0 saturated heterocycles. The molecule has 0 aliphatic heterocycles. The Morgan fingerprint density at radius 2 is 1.80 bits per heavy atom. The highest BCUT2D eigenvalue weighted by Crippen LogP contribution is 2.35. The van der Waals surface area contributed by atoms with E-state index in [1.54, 1.807) is 6.07 Å². The molecule has 0 N–H and O–H groups in total. The zero-order chi connectivity index (χ0) is 22.1. The molecule has 2 nitrogen and oxygen atoms in total. The van der Waals surface area contributed by atoms with Gasteiger partial charge in [0.25, 0.3) is 0 Å². The van der Waals surface area contributed by atoms with Crippen LogP contribution >= 0.6 is 24.0 Å². The van der Waals surface area contributed by atoms with Crippen molar-refractivity contribution >= 4 is 29.7 Å². The Labute approximate surface area is 183 Å². The summed E-state index contributed by atoms with van der Waals surface area (Å²) < 4.78 is 38.4. The zero-order valence-electron chi connectivity index (χ0n) is 16.9. The number of benzene rings is 2. The maximum Gasteiger partial charge on any atom is 0.416 e. The highest BCUT2D eigenvalue weighted by atomic mass is 32.1. The van der Waals surface area contributed by atoms with Gasteiger partial charge in [0.1, 0.15) is 5.01 Å². The van der Waals surface area contributed by atoms with Crippen LogP contribution in [-0.4, -0.2) is 10.8 Å². The first-order valence-corrected chi connectivity index (χ1v) is 10.8. The Morgan fingerprint density at radius 3 is 2.37 bits per heavy atom. The number of aromatic nitrogens is 1. The number of hydrogen-bond acceptors (Lipinski definition) is 4. The van der Waals surface area contributed by atoms with Crippen molar-refractivity contribution in [2.75, 3.05) is 0 Å². The second-order valence-corrected chi connectivity index (χ2v) is 9.05. The Bertz CT molecular complexity index is 1050. The molecule has 1 aromatic heterocycles.